The van der Waals surface area contributed by atoms with Gasteiger partial charge in [-0.25, -0.2) is 0 Å². The molecular formula is C55H39N2P3SSe2. The molecule has 8 heteroatoms. The molecule has 0 radical (unpaired) electrons. The molecule has 0 saturated carbocycles. The maximum absolute atomic E-state index is 6.97. The van der Waals surface area contributed by atoms with Crippen LogP contribution in [0.25, 0.3) is 38.4 Å². The summed E-state index contributed by atoms with van der Waals surface area (Å²) in [4.78, 5) is 5.62. The fraction of sp³-hybridized carbons (Fsp3) is 0. The van der Waals surface area contributed by atoms with Crippen molar-refractivity contribution in [3.05, 3.63) is 237 Å². The van der Waals surface area contributed by atoms with Crippen LogP contribution in [0.2, 0.25) is 0 Å². The van der Waals surface area contributed by atoms with Crippen LogP contribution < -0.4 is 47.7 Å². The van der Waals surface area contributed by atoms with Crippen LogP contribution in [0.4, 0.5) is 0 Å². The number of pyridine rings is 1. The van der Waals surface area contributed by atoms with Gasteiger partial charge >= 0.3 is 379 Å². The summed E-state index contributed by atoms with van der Waals surface area (Å²) < 4.78 is 2.40. The second-order valence-corrected chi connectivity index (χ2v) is 32.6. The van der Waals surface area contributed by atoms with E-state index >= 15 is 0 Å². The van der Waals surface area contributed by atoms with Gasteiger partial charge < -0.3 is 0 Å². The van der Waals surface area contributed by atoms with E-state index in [1.54, 1.807) is 0 Å². The molecule has 0 spiro atoms. The van der Waals surface area contributed by atoms with Gasteiger partial charge in [0.1, 0.15) is 0 Å². The fourth-order valence-corrected chi connectivity index (χ4v) is 22.7. The second-order valence-electron chi connectivity index (χ2n) is 15.7. The number of benzene rings is 9. The van der Waals surface area contributed by atoms with Crippen LogP contribution in [0.15, 0.2) is 237 Å². The third kappa shape index (κ3) is 6.74. The third-order valence-corrected chi connectivity index (χ3v) is 31.2. The fourth-order valence-electron chi connectivity index (χ4n) is 9.13. The average molecular weight is 1010 g/mol. The van der Waals surface area contributed by atoms with E-state index < -0.39 is 17.1 Å². The first-order chi connectivity index (χ1) is 30.9. The molecule has 0 fully saturated rings. The molecule has 0 bridgehead atoms. The number of aromatic nitrogens is 2. The van der Waals surface area contributed by atoms with Crippen molar-refractivity contribution in [3.63, 3.8) is 0 Å². The average Bonchev–Trinajstić information content (AvgIpc) is 3.76. The SMILES string of the molecule is S=P(c1ccccc1)(c1ccccc1)c1ccc2c3cc(P(=[Se])(c4ccccc4)c4ccccc4)ccc3c3nc4cc(P(=[Se])(c5ccccc5)c5ccccc5)ccc4n3c2c1. The molecule has 0 amide bonds. The Balaban J connectivity index is 1.23. The number of hydrogen-bond donors (Lipinski definition) is 0. The van der Waals surface area contributed by atoms with Gasteiger partial charge in [-0.05, 0) is 0 Å². The monoisotopic (exact) mass is 1010 g/mol. The quantitative estimate of drug-likeness (QED) is 0.0816. The second kappa shape index (κ2) is 16.5. The Bertz CT molecular complexity index is 3510. The van der Waals surface area contributed by atoms with Crippen molar-refractivity contribution in [1.82, 2.24) is 9.38 Å². The van der Waals surface area contributed by atoms with Crippen molar-refractivity contribution in [2.45, 2.75) is 0 Å². The molecule has 302 valence electrons. The van der Waals surface area contributed by atoms with Crippen LogP contribution in [0.1, 0.15) is 0 Å². The van der Waals surface area contributed by atoms with Gasteiger partial charge in [-0.15, -0.1) is 0 Å². The normalized spacial score (nSPS) is 12.3. The molecule has 2 nitrogen and oxygen atoms in total. The molecule has 11 rings (SSSR count). The zero-order valence-electron chi connectivity index (χ0n) is 34.0. The number of nitrogens with zero attached hydrogens (tertiary/aromatic N) is 2. The Kier molecular flexibility index (Phi) is 10.7. The maximum atomic E-state index is 6.97. The van der Waals surface area contributed by atoms with Crippen LogP contribution in [0.5, 0.6) is 0 Å². The van der Waals surface area contributed by atoms with Crippen molar-refractivity contribution in [1.29, 1.82) is 0 Å². The zero-order chi connectivity index (χ0) is 42.6. The van der Waals surface area contributed by atoms with E-state index in [9.17, 15) is 0 Å². The first-order valence-corrected chi connectivity index (χ1v) is 31.7. The van der Waals surface area contributed by atoms with Gasteiger partial charge in [0.05, 0.1) is 0 Å². The first-order valence-electron chi connectivity index (χ1n) is 20.9. The number of hydrogen-bond acceptors (Lipinski definition) is 2. The standard InChI is InChI=1S/C55H39N2P3SSe2/c61-58(40-19-7-1-8-20-40,41-21-9-2-10-22-41)46-31-34-49-51-37-47(59(62,42-23-11-3-12-24-42)43-25-13-4-14-26-43)32-35-50(51)55-56-52-38-48(33-36-53(52)57(55)54(49)39-46)60(63,44-27-15-5-16-28-44)45-29-17-6-18-30-45/h1-39H. The Morgan fingerprint density at radius 1 is 0.333 bits per heavy atom. The van der Waals surface area contributed by atoms with E-state index in [1.165, 1.54) is 53.2 Å². The van der Waals surface area contributed by atoms with Gasteiger partial charge in [-0.2, -0.15) is 0 Å². The van der Waals surface area contributed by atoms with Gasteiger partial charge in [0, 0.05) is 0 Å². The van der Waals surface area contributed by atoms with E-state index in [-0.39, 0.29) is 0 Å². The molecule has 0 aliphatic heterocycles. The summed E-state index contributed by atoms with van der Waals surface area (Å²) in [6.45, 7) is 0. The number of fused-ring (bicyclic) bond motifs is 8. The number of imidazole rings is 1. The summed E-state index contributed by atoms with van der Waals surface area (Å²) in [6.07, 6.45) is 0. The van der Waals surface area contributed by atoms with E-state index in [0.29, 0.717) is 0 Å². The molecule has 0 N–H and O–H groups in total. The summed E-state index contributed by atoms with van der Waals surface area (Å²) in [6, 6.07) is 83.7. The molecular weight excluding hydrogens is 972 g/mol. The minimum absolute atomic E-state index is 0.938. The van der Waals surface area contributed by atoms with Gasteiger partial charge in [-0.3, -0.25) is 0 Å². The molecule has 2 heterocycles. The van der Waals surface area contributed by atoms with E-state index in [0.717, 1.165) is 32.9 Å². The van der Waals surface area contributed by atoms with Crippen molar-refractivity contribution in [2.75, 3.05) is 0 Å². The zero-order valence-corrected chi connectivity index (χ0v) is 40.9. The van der Waals surface area contributed by atoms with Gasteiger partial charge in [-0.1, -0.05) is 12.1 Å². The molecule has 0 unspecified atom stereocenters. The summed E-state index contributed by atoms with van der Waals surface area (Å²) in [5.41, 5.74) is -0.223. The molecule has 0 saturated heterocycles. The molecule has 0 aliphatic carbocycles. The van der Waals surface area contributed by atoms with E-state index in [4.69, 9.17) is 16.8 Å². The predicted octanol–water partition coefficient (Wildman–Crippen LogP) is 9.30. The predicted molar refractivity (Wildman–Crippen MR) is 283 cm³/mol. The first kappa shape index (κ1) is 40.8. The van der Waals surface area contributed by atoms with Crippen LogP contribution in [-0.4, -0.2) is 39.6 Å². The molecule has 2 aromatic heterocycles. The Labute approximate surface area is 388 Å². The van der Waals surface area contributed by atoms with E-state index in [2.05, 4.69) is 271 Å². The van der Waals surface area contributed by atoms with Gasteiger partial charge in [0.15, 0.2) is 0 Å². The van der Waals surface area contributed by atoms with Crippen molar-refractivity contribution in [3.8, 4) is 0 Å². The molecule has 9 aromatic carbocycles. The minimum atomic E-state index is -2.47. The summed E-state index contributed by atoms with van der Waals surface area (Å²) >= 11 is 14.5. The molecule has 63 heavy (non-hydrogen) atoms. The summed E-state index contributed by atoms with van der Waals surface area (Å²) in [7, 11) is 0. The number of rotatable bonds is 9. The Morgan fingerprint density at radius 2 is 0.714 bits per heavy atom. The van der Waals surface area contributed by atoms with Gasteiger partial charge in [0.2, 0.25) is 0 Å². The van der Waals surface area contributed by atoms with E-state index in [1.807, 2.05) is 0 Å². The Hall–Kier alpha value is -5.00. The summed E-state index contributed by atoms with van der Waals surface area (Å²) in [5.74, 6) is 0. The van der Waals surface area contributed by atoms with Crippen LogP contribution >= 0.6 is 17.1 Å². The topological polar surface area (TPSA) is 17.3 Å². The van der Waals surface area contributed by atoms with Crippen molar-refractivity contribution in [2.24, 2.45) is 0 Å². The van der Waals surface area contributed by atoms with Crippen molar-refractivity contribution < 1.29 is 0 Å². The molecule has 11 aromatic rings. The van der Waals surface area contributed by atoms with Crippen LogP contribution in [0, 0.1) is 0 Å². The Morgan fingerprint density at radius 3 is 1.17 bits per heavy atom. The van der Waals surface area contributed by atoms with Crippen LogP contribution in [0.3, 0.4) is 0 Å². The summed E-state index contributed by atoms with van der Waals surface area (Å²) in [5, 5.41) is 14.7. The molecule has 0 aliphatic rings. The van der Waals surface area contributed by atoms with Gasteiger partial charge in [0.25, 0.3) is 0 Å². The molecule has 0 atom stereocenters. The third-order valence-electron chi connectivity index (χ3n) is 12.2. The van der Waals surface area contributed by atoms with Crippen molar-refractivity contribution >= 4 is 145 Å². The van der Waals surface area contributed by atoms with Crippen LogP contribution in [-0.2, 0) is 11.8 Å².